The van der Waals surface area contributed by atoms with Crippen LogP contribution in [0.3, 0.4) is 0 Å². The summed E-state index contributed by atoms with van der Waals surface area (Å²) in [6.07, 6.45) is 0. The fraction of sp³-hybridized carbons (Fsp3) is 0.125. The summed E-state index contributed by atoms with van der Waals surface area (Å²) in [6.45, 7) is 0. The van der Waals surface area contributed by atoms with E-state index in [9.17, 15) is 21.6 Å². The SMILES string of the molecule is N#Cc1cccc(S(=O)(=O)C(F)(F)F)c1. The molecule has 0 unspecified atom stereocenters. The van der Waals surface area contributed by atoms with E-state index in [2.05, 4.69) is 0 Å². The third kappa shape index (κ3) is 2.10. The Morgan fingerprint density at radius 1 is 1.27 bits per heavy atom. The summed E-state index contributed by atoms with van der Waals surface area (Å²) in [5.41, 5.74) is -5.48. The highest BCUT2D eigenvalue weighted by molar-refractivity contribution is 7.92. The lowest BCUT2D eigenvalue weighted by molar-refractivity contribution is -0.0436. The van der Waals surface area contributed by atoms with Crippen LogP contribution in [0.15, 0.2) is 29.2 Å². The predicted octanol–water partition coefficient (Wildman–Crippen LogP) is 1.85. The molecule has 0 aliphatic rings. The zero-order chi connectivity index (χ0) is 11.7. The fourth-order valence-corrected chi connectivity index (χ4v) is 1.67. The minimum absolute atomic E-state index is 0.139. The summed E-state index contributed by atoms with van der Waals surface area (Å²) in [7, 11) is -5.36. The van der Waals surface area contributed by atoms with Crippen molar-refractivity contribution in [2.45, 2.75) is 10.4 Å². The lowest BCUT2D eigenvalue weighted by atomic mass is 10.2. The molecule has 0 atom stereocenters. The molecule has 80 valence electrons. The summed E-state index contributed by atoms with van der Waals surface area (Å²) in [5.74, 6) is 0. The van der Waals surface area contributed by atoms with Crippen molar-refractivity contribution in [1.29, 1.82) is 5.26 Å². The van der Waals surface area contributed by atoms with Crippen molar-refractivity contribution in [3.05, 3.63) is 29.8 Å². The van der Waals surface area contributed by atoms with Crippen LogP contribution in [0, 0.1) is 11.3 Å². The fourth-order valence-electron chi connectivity index (χ4n) is 0.866. The van der Waals surface area contributed by atoms with Crippen molar-refractivity contribution >= 4 is 9.84 Å². The lowest BCUT2D eigenvalue weighted by Crippen LogP contribution is -2.23. The van der Waals surface area contributed by atoms with Crippen LogP contribution in [-0.4, -0.2) is 13.9 Å². The Balaban J connectivity index is 3.37. The number of sulfone groups is 1. The summed E-state index contributed by atoms with van der Waals surface area (Å²) in [5, 5.41) is 8.40. The topological polar surface area (TPSA) is 57.9 Å². The number of hydrogen-bond donors (Lipinski definition) is 0. The maximum Gasteiger partial charge on any atom is 0.501 e. The van der Waals surface area contributed by atoms with Crippen molar-refractivity contribution < 1.29 is 21.6 Å². The Labute approximate surface area is 83.7 Å². The van der Waals surface area contributed by atoms with E-state index in [1.165, 1.54) is 6.07 Å². The second-order valence-electron chi connectivity index (χ2n) is 2.59. The highest BCUT2D eigenvalue weighted by Crippen LogP contribution is 2.30. The molecule has 0 bridgehead atoms. The van der Waals surface area contributed by atoms with E-state index in [0.29, 0.717) is 6.07 Å². The van der Waals surface area contributed by atoms with Crippen LogP contribution < -0.4 is 0 Å². The second-order valence-corrected chi connectivity index (χ2v) is 4.53. The highest BCUT2D eigenvalue weighted by atomic mass is 32.2. The third-order valence-electron chi connectivity index (χ3n) is 1.58. The standard InChI is InChI=1S/C8H4F3NO2S/c9-8(10,11)15(13,14)7-3-1-2-6(4-7)5-12/h1-4H. The average Bonchev–Trinajstić information content (AvgIpc) is 2.16. The molecule has 0 aromatic heterocycles. The Kier molecular flexibility index (Phi) is 2.73. The molecule has 0 radical (unpaired) electrons. The van der Waals surface area contributed by atoms with E-state index >= 15 is 0 Å². The molecule has 7 heteroatoms. The Bertz CT molecular complexity index is 513. The van der Waals surface area contributed by atoms with Gasteiger partial charge in [-0.1, -0.05) is 6.07 Å². The number of halogens is 3. The summed E-state index contributed by atoms with van der Waals surface area (Å²) < 4.78 is 58.0. The maximum absolute atomic E-state index is 12.1. The molecular formula is C8H4F3NO2S. The van der Waals surface area contributed by atoms with Crippen LogP contribution in [0.25, 0.3) is 0 Å². The summed E-state index contributed by atoms with van der Waals surface area (Å²) in [4.78, 5) is -0.922. The normalized spacial score (nSPS) is 12.1. The maximum atomic E-state index is 12.1. The van der Waals surface area contributed by atoms with Crippen LogP contribution in [0.4, 0.5) is 13.2 Å². The molecule has 1 aromatic carbocycles. The monoisotopic (exact) mass is 235 g/mol. The molecule has 0 heterocycles. The summed E-state index contributed by atoms with van der Waals surface area (Å²) in [6, 6.07) is 5.34. The summed E-state index contributed by atoms with van der Waals surface area (Å²) >= 11 is 0. The van der Waals surface area contributed by atoms with E-state index in [1.807, 2.05) is 0 Å². The molecule has 0 saturated carbocycles. The number of benzene rings is 1. The first-order valence-electron chi connectivity index (χ1n) is 3.60. The van der Waals surface area contributed by atoms with E-state index in [0.717, 1.165) is 12.1 Å². The van der Waals surface area contributed by atoms with E-state index in [-0.39, 0.29) is 5.56 Å². The van der Waals surface area contributed by atoms with Gasteiger partial charge in [0.25, 0.3) is 9.84 Å². The zero-order valence-corrected chi connectivity index (χ0v) is 7.93. The van der Waals surface area contributed by atoms with Gasteiger partial charge in [-0.2, -0.15) is 18.4 Å². The van der Waals surface area contributed by atoms with Gasteiger partial charge in [-0.3, -0.25) is 0 Å². The zero-order valence-electron chi connectivity index (χ0n) is 7.12. The Hall–Kier alpha value is -1.55. The predicted molar refractivity (Wildman–Crippen MR) is 44.4 cm³/mol. The van der Waals surface area contributed by atoms with Gasteiger partial charge in [0.1, 0.15) is 0 Å². The number of nitriles is 1. The van der Waals surface area contributed by atoms with E-state index < -0.39 is 20.2 Å². The van der Waals surface area contributed by atoms with Gasteiger partial charge < -0.3 is 0 Å². The highest BCUT2D eigenvalue weighted by Gasteiger charge is 2.46. The molecule has 0 N–H and O–H groups in total. The van der Waals surface area contributed by atoms with Gasteiger partial charge in [0.2, 0.25) is 0 Å². The first-order valence-corrected chi connectivity index (χ1v) is 5.09. The molecule has 0 fully saturated rings. The molecule has 15 heavy (non-hydrogen) atoms. The molecule has 3 nitrogen and oxygen atoms in total. The van der Waals surface area contributed by atoms with Crippen LogP contribution in [0.1, 0.15) is 5.56 Å². The lowest BCUT2D eigenvalue weighted by Gasteiger charge is -2.07. The van der Waals surface area contributed by atoms with Gasteiger partial charge in [0.05, 0.1) is 16.5 Å². The van der Waals surface area contributed by atoms with Gasteiger partial charge >= 0.3 is 5.51 Å². The number of hydrogen-bond acceptors (Lipinski definition) is 3. The van der Waals surface area contributed by atoms with Crippen LogP contribution in [0.2, 0.25) is 0 Å². The Morgan fingerprint density at radius 2 is 1.87 bits per heavy atom. The van der Waals surface area contributed by atoms with Crippen molar-refractivity contribution in [3.63, 3.8) is 0 Å². The average molecular weight is 235 g/mol. The quantitative estimate of drug-likeness (QED) is 0.746. The molecule has 0 amide bonds. The van der Waals surface area contributed by atoms with Gasteiger partial charge in [0.15, 0.2) is 0 Å². The molecular weight excluding hydrogens is 231 g/mol. The second kappa shape index (κ2) is 3.55. The van der Waals surface area contributed by atoms with Crippen molar-refractivity contribution in [3.8, 4) is 6.07 Å². The molecule has 1 aromatic rings. The number of rotatable bonds is 1. The number of nitrogens with zero attached hydrogens (tertiary/aromatic N) is 1. The molecule has 0 aliphatic carbocycles. The van der Waals surface area contributed by atoms with Crippen molar-refractivity contribution in [2.75, 3.05) is 0 Å². The minimum atomic E-state index is -5.36. The largest absolute Gasteiger partial charge is 0.501 e. The third-order valence-corrected chi connectivity index (χ3v) is 3.06. The van der Waals surface area contributed by atoms with Crippen molar-refractivity contribution in [2.24, 2.45) is 0 Å². The molecule has 0 aliphatic heterocycles. The van der Waals surface area contributed by atoms with Gasteiger partial charge in [-0.05, 0) is 18.2 Å². The van der Waals surface area contributed by atoms with Gasteiger partial charge in [0, 0.05) is 0 Å². The van der Waals surface area contributed by atoms with E-state index in [1.54, 1.807) is 6.07 Å². The van der Waals surface area contributed by atoms with Gasteiger partial charge in [-0.15, -0.1) is 0 Å². The molecule has 0 saturated heterocycles. The smallest absolute Gasteiger partial charge is 0.214 e. The van der Waals surface area contributed by atoms with E-state index in [4.69, 9.17) is 5.26 Å². The molecule has 1 rings (SSSR count). The first kappa shape index (κ1) is 11.5. The minimum Gasteiger partial charge on any atom is -0.214 e. The van der Waals surface area contributed by atoms with Crippen LogP contribution in [-0.2, 0) is 9.84 Å². The Morgan fingerprint density at radius 3 is 2.33 bits per heavy atom. The van der Waals surface area contributed by atoms with Crippen molar-refractivity contribution in [1.82, 2.24) is 0 Å². The van der Waals surface area contributed by atoms with Crippen LogP contribution >= 0.6 is 0 Å². The van der Waals surface area contributed by atoms with Gasteiger partial charge in [-0.25, -0.2) is 8.42 Å². The number of alkyl halides is 3. The first-order chi connectivity index (χ1) is 6.79. The van der Waals surface area contributed by atoms with Crippen LogP contribution in [0.5, 0.6) is 0 Å². The molecule has 0 spiro atoms.